The number of nitro benzene ring substituents is 1. The highest BCUT2D eigenvalue weighted by molar-refractivity contribution is 7.80. The van der Waals surface area contributed by atoms with E-state index in [1.165, 1.54) is 0 Å². The first-order valence-corrected chi connectivity index (χ1v) is 5.81. The van der Waals surface area contributed by atoms with Crippen LogP contribution in [0.3, 0.4) is 0 Å². The van der Waals surface area contributed by atoms with Crippen molar-refractivity contribution >= 4 is 30.0 Å². The number of non-ortho nitro benzene ring substituents is 1. The lowest BCUT2D eigenvalue weighted by molar-refractivity contribution is -0.384. The highest BCUT2D eigenvalue weighted by Gasteiger charge is 2.12. The van der Waals surface area contributed by atoms with Crippen LogP contribution in [0.1, 0.15) is 6.42 Å². The number of nitrogens with zero attached hydrogens (tertiary/aromatic N) is 1. The van der Waals surface area contributed by atoms with Crippen LogP contribution in [0.15, 0.2) is 18.2 Å². The van der Waals surface area contributed by atoms with Gasteiger partial charge in [-0.1, -0.05) is 0 Å². The van der Waals surface area contributed by atoms with E-state index < -0.39 is 11.0 Å². The number of nitro groups is 1. The zero-order valence-electron chi connectivity index (χ0n) is 9.42. The van der Waals surface area contributed by atoms with E-state index in [0.29, 0.717) is 18.7 Å². The Labute approximate surface area is 109 Å². The summed E-state index contributed by atoms with van der Waals surface area (Å²) in [5.41, 5.74) is -0.217. The number of urea groups is 1. The Kier molecular flexibility index (Phi) is 5.25. The number of benzene rings is 1. The molecule has 8 heteroatoms. The summed E-state index contributed by atoms with van der Waals surface area (Å²) in [6, 6.07) is 2.86. The molecule has 0 saturated carbocycles. The first kappa shape index (κ1) is 14.1. The molecule has 0 spiro atoms. The number of phenols is 1. The summed E-state index contributed by atoms with van der Waals surface area (Å²) in [7, 11) is 0. The predicted octanol–water partition coefficient (Wildman–Crippen LogP) is 1.74. The number of anilines is 1. The average Bonchev–Trinajstić information content (AvgIpc) is 2.32. The number of rotatable bonds is 5. The third-order valence-electron chi connectivity index (χ3n) is 2.06. The Balaban J connectivity index is 2.68. The van der Waals surface area contributed by atoms with Gasteiger partial charge >= 0.3 is 6.03 Å². The molecule has 18 heavy (non-hydrogen) atoms. The number of aromatic hydroxyl groups is 1. The lowest BCUT2D eigenvalue weighted by Gasteiger charge is -2.08. The van der Waals surface area contributed by atoms with Crippen LogP contribution in [0, 0.1) is 10.1 Å². The molecule has 0 fully saturated rings. The maximum absolute atomic E-state index is 11.4. The van der Waals surface area contributed by atoms with Gasteiger partial charge in [-0.2, -0.15) is 12.6 Å². The fourth-order valence-electron chi connectivity index (χ4n) is 1.19. The number of nitrogens with one attached hydrogen (secondary N) is 2. The zero-order chi connectivity index (χ0) is 13.5. The van der Waals surface area contributed by atoms with Crippen LogP contribution < -0.4 is 10.6 Å². The van der Waals surface area contributed by atoms with Crippen LogP contribution in [0.4, 0.5) is 16.2 Å². The van der Waals surface area contributed by atoms with Gasteiger partial charge in [-0.25, -0.2) is 4.79 Å². The van der Waals surface area contributed by atoms with Crippen molar-refractivity contribution in [2.45, 2.75) is 6.42 Å². The van der Waals surface area contributed by atoms with E-state index in [4.69, 9.17) is 0 Å². The summed E-state index contributed by atoms with van der Waals surface area (Å²) in [5.74, 6) is 0.410. The van der Waals surface area contributed by atoms with Crippen LogP contribution in [0.25, 0.3) is 0 Å². The maximum Gasteiger partial charge on any atom is 0.319 e. The maximum atomic E-state index is 11.4. The van der Waals surface area contributed by atoms with Crippen LogP contribution in [-0.2, 0) is 0 Å². The van der Waals surface area contributed by atoms with E-state index in [1.807, 2.05) is 0 Å². The molecule has 1 rings (SSSR count). The quantitative estimate of drug-likeness (QED) is 0.215. The summed E-state index contributed by atoms with van der Waals surface area (Å²) in [6.45, 7) is 0.436. The minimum atomic E-state index is -0.608. The average molecular weight is 271 g/mol. The van der Waals surface area contributed by atoms with E-state index in [2.05, 4.69) is 23.3 Å². The Morgan fingerprint density at radius 2 is 2.22 bits per heavy atom. The lowest BCUT2D eigenvalue weighted by atomic mass is 10.2. The van der Waals surface area contributed by atoms with Gasteiger partial charge in [0, 0.05) is 18.7 Å². The highest BCUT2D eigenvalue weighted by Crippen LogP contribution is 2.27. The molecule has 3 N–H and O–H groups in total. The molecule has 0 bridgehead atoms. The minimum Gasteiger partial charge on any atom is -0.506 e. The van der Waals surface area contributed by atoms with Crippen molar-refractivity contribution < 1.29 is 14.8 Å². The molecule has 2 amide bonds. The lowest BCUT2D eigenvalue weighted by Crippen LogP contribution is -2.29. The molecule has 0 aliphatic rings. The molecule has 0 aliphatic heterocycles. The largest absolute Gasteiger partial charge is 0.506 e. The molecule has 0 saturated heterocycles. The standard InChI is InChI=1S/C10H13N3O4S/c14-9-3-2-7(13(16)17)6-8(9)12-10(15)11-4-1-5-18/h2-3,6,14,18H,1,4-5H2,(H2,11,12,15). The van der Waals surface area contributed by atoms with Crippen molar-refractivity contribution in [3.8, 4) is 5.75 Å². The first-order chi connectivity index (χ1) is 8.54. The molecular formula is C10H13N3O4S. The van der Waals surface area contributed by atoms with Gasteiger partial charge < -0.3 is 15.7 Å². The SMILES string of the molecule is O=C(NCCCS)Nc1cc([N+](=O)[O-])ccc1O. The van der Waals surface area contributed by atoms with Gasteiger partial charge in [0.2, 0.25) is 0 Å². The molecule has 0 heterocycles. The molecule has 1 aromatic rings. The number of hydrogen-bond donors (Lipinski definition) is 4. The summed E-state index contributed by atoms with van der Waals surface area (Å²) < 4.78 is 0. The third-order valence-corrected chi connectivity index (χ3v) is 2.38. The number of phenolic OH excluding ortho intramolecular Hbond substituents is 1. The Morgan fingerprint density at radius 1 is 1.50 bits per heavy atom. The van der Waals surface area contributed by atoms with Crippen molar-refractivity contribution in [2.24, 2.45) is 0 Å². The number of amides is 2. The van der Waals surface area contributed by atoms with E-state index in [-0.39, 0.29) is 17.1 Å². The molecule has 0 aliphatic carbocycles. The summed E-state index contributed by atoms with van der Waals surface area (Å²) in [6.07, 6.45) is 0.706. The molecule has 7 nitrogen and oxygen atoms in total. The summed E-state index contributed by atoms with van der Waals surface area (Å²) in [5, 5.41) is 24.9. The first-order valence-electron chi connectivity index (χ1n) is 5.17. The molecule has 0 radical (unpaired) electrons. The van der Waals surface area contributed by atoms with Crippen LogP contribution in [0.5, 0.6) is 5.75 Å². The molecule has 0 atom stereocenters. The third kappa shape index (κ3) is 4.13. The van der Waals surface area contributed by atoms with Crippen molar-refractivity contribution in [3.05, 3.63) is 28.3 Å². The second-order valence-corrected chi connectivity index (χ2v) is 3.86. The topological polar surface area (TPSA) is 104 Å². The monoisotopic (exact) mass is 271 g/mol. The molecule has 0 aromatic heterocycles. The smallest absolute Gasteiger partial charge is 0.319 e. The second kappa shape index (κ2) is 6.70. The summed E-state index contributed by atoms with van der Waals surface area (Å²) >= 11 is 3.99. The van der Waals surface area contributed by atoms with Crippen LogP contribution in [-0.4, -0.2) is 28.4 Å². The van der Waals surface area contributed by atoms with Crippen molar-refractivity contribution in [1.82, 2.24) is 5.32 Å². The van der Waals surface area contributed by atoms with Crippen molar-refractivity contribution in [2.75, 3.05) is 17.6 Å². The predicted molar refractivity (Wildman–Crippen MR) is 70.3 cm³/mol. The minimum absolute atomic E-state index is 0.00688. The van der Waals surface area contributed by atoms with Gasteiger partial charge in [-0.05, 0) is 18.2 Å². The van der Waals surface area contributed by atoms with Gasteiger partial charge in [0.1, 0.15) is 5.75 Å². The number of carbonyl (C=O) groups is 1. The van der Waals surface area contributed by atoms with Gasteiger partial charge in [0.25, 0.3) is 5.69 Å². The van der Waals surface area contributed by atoms with E-state index in [1.54, 1.807) is 0 Å². The van der Waals surface area contributed by atoms with Gasteiger partial charge in [0.05, 0.1) is 10.6 Å². The zero-order valence-corrected chi connectivity index (χ0v) is 10.3. The van der Waals surface area contributed by atoms with E-state index >= 15 is 0 Å². The Hall–Kier alpha value is -1.96. The highest BCUT2D eigenvalue weighted by atomic mass is 32.1. The fourth-order valence-corrected chi connectivity index (χ4v) is 1.34. The second-order valence-electron chi connectivity index (χ2n) is 3.42. The summed E-state index contributed by atoms with van der Waals surface area (Å²) in [4.78, 5) is 21.3. The molecule has 0 unspecified atom stereocenters. The van der Waals surface area contributed by atoms with Gasteiger partial charge in [0.15, 0.2) is 0 Å². The van der Waals surface area contributed by atoms with E-state index in [0.717, 1.165) is 18.2 Å². The van der Waals surface area contributed by atoms with Gasteiger partial charge in [-0.15, -0.1) is 0 Å². The van der Waals surface area contributed by atoms with Crippen molar-refractivity contribution in [3.63, 3.8) is 0 Å². The van der Waals surface area contributed by atoms with Crippen LogP contribution >= 0.6 is 12.6 Å². The molecule has 98 valence electrons. The Morgan fingerprint density at radius 3 is 2.83 bits per heavy atom. The molecule has 1 aromatic carbocycles. The van der Waals surface area contributed by atoms with Crippen LogP contribution in [0.2, 0.25) is 0 Å². The number of thiol groups is 1. The van der Waals surface area contributed by atoms with Gasteiger partial charge in [-0.3, -0.25) is 10.1 Å². The number of hydrogen-bond acceptors (Lipinski definition) is 5. The number of carbonyl (C=O) groups excluding carboxylic acids is 1. The molecular weight excluding hydrogens is 258 g/mol. The van der Waals surface area contributed by atoms with E-state index in [9.17, 15) is 20.0 Å². The van der Waals surface area contributed by atoms with Crippen molar-refractivity contribution in [1.29, 1.82) is 0 Å². The normalized spacial score (nSPS) is 9.83. The Bertz CT molecular complexity index is 453. The fraction of sp³-hybridized carbons (Fsp3) is 0.300.